The molecule has 0 saturated carbocycles. The minimum Gasteiger partial charge on any atom is -0.496 e. The van der Waals surface area contributed by atoms with Gasteiger partial charge in [0.2, 0.25) is 0 Å². The van der Waals surface area contributed by atoms with Crippen LogP contribution in [0.5, 0.6) is 5.75 Å². The highest BCUT2D eigenvalue weighted by Crippen LogP contribution is 2.26. The minimum atomic E-state index is 0.426. The lowest BCUT2D eigenvalue weighted by Gasteiger charge is -2.08. The molecule has 0 bridgehead atoms. The van der Waals surface area contributed by atoms with Gasteiger partial charge < -0.3 is 10.1 Å². The third-order valence-corrected chi connectivity index (χ3v) is 2.99. The van der Waals surface area contributed by atoms with Gasteiger partial charge in [-0.1, -0.05) is 0 Å². The van der Waals surface area contributed by atoms with Crippen LogP contribution in [0.1, 0.15) is 12.5 Å². The summed E-state index contributed by atoms with van der Waals surface area (Å²) in [5, 5.41) is 3.32. The molecule has 15 heavy (non-hydrogen) atoms. The van der Waals surface area contributed by atoms with Crippen LogP contribution in [0, 0.1) is 0 Å². The third kappa shape index (κ3) is 2.15. The van der Waals surface area contributed by atoms with E-state index in [1.165, 1.54) is 0 Å². The molecule has 1 heterocycles. The molecule has 1 N–H and O–H groups in total. The van der Waals surface area contributed by atoms with Crippen molar-refractivity contribution in [2.45, 2.75) is 13.0 Å². The van der Waals surface area contributed by atoms with Gasteiger partial charge >= 0.3 is 0 Å². The molecule has 0 radical (unpaired) electrons. The lowest BCUT2D eigenvalue weighted by Crippen LogP contribution is -2.27. The average Bonchev–Trinajstić information content (AvgIpc) is 2.66. The molecule has 1 aromatic rings. The molecule has 1 atom stereocenters. The average molecular weight is 269 g/mol. The molecular formula is C11H13BrN2O. The number of benzene rings is 1. The second kappa shape index (κ2) is 4.23. The van der Waals surface area contributed by atoms with Gasteiger partial charge in [0.25, 0.3) is 0 Å². The first-order valence-electron chi connectivity index (χ1n) is 4.85. The first-order valence-corrected chi connectivity index (χ1v) is 5.65. The number of hydrogen-bond acceptors (Lipinski definition) is 3. The molecule has 0 amide bonds. The Morgan fingerprint density at radius 3 is 2.93 bits per heavy atom. The van der Waals surface area contributed by atoms with E-state index in [9.17, 15) is 0 Å². The van der Waals surface area contributed by atoms with E-state index in [0.29, 0.717) is 6.04 Å². The van der Waals surface area contributed by atoms with Crippen LogP contribution in [0.15, 0.2) is 27.7 Å². The maximum Gasteiger partial charge on any atom is 0.133 e. The number of nitrogens with one attached hydrogen (secondary N) is 1. The first-order chi connectivity index (χ1) is 7.20. The highest BCUT2D eigenvalue weighted by Gasteiger charge is 2.15. The molecule has 1 aliphatic rings. The Bertz CT molecular complexity index is 404. The van der Waals surface area contributed by atoms with Crippen molar-refractivity contribution in [1.82, 2.24) is 5.32 Å². The standard InChI is InChI=1S/C11H13BrN2O/c1-7-6-13-11(14-7)8-3-4-9(12)10(5-8)15-2/h3-5,7H,6H2,1-2H3,(H,13,14). The second-order valence-electron chi connectivity index (χ2n) is 3.58. The van der Waals surface area contributed by atoms with Crippen LogP contribution in [0.3, 0.4) is 0 Å². The summed E-state index contributed by atoms with van der Waals surface area (Å²) in [7, 11) is 1.66. The van der Waals surface area contributed by atoms with Crippen molar-refractivity contribution < 1.29 is 4.74 Å². The smallest absolute Gasteiger partial charge is 0.133 e. The number of ether oxygens (including phenoxy) is 1. The Morgan fingerprint density at radius 1 is 1.53 bits per heavy atom. The number of aliphatic imine (C=N–C) groups is 1. The highest BCUT2D eigenvalue weighted by atomic mass is 79.9. The van der Waals surface area contributed by atoms with Gasteiger partial charge in [0.05, 0.1) is 18.1 Å². The maximum atomic E-state index is 5.24. The first kappa shape index (κ1) is 10.5. The number of amidine groups is 1. The SMILES string of the molecule is COc1cc(C2=NCC(C)N2)ccc1Br. The molecule has 3 nitrogen and oxygen atoms in total. The van der Waals surface area contributed by atoms with Gasteiger partial charge in [-0.15, -0.1) is 0 Å². The van der Waals surface area contributed by atoms with Crippen molar-refractivity contribution in [1.29, 1.82) is 0 Å². The summed E-state index contributed by atoms with van der Waals surface area (Å²) in [4.78, 5) is 4.43. The van der Waals surface area contributed by atoms with Gasteiger partial charge in [0.1, 0.15) is 11.6 Å². The molecule has 1 aliphatic heterocycles. The van der Waals surface area contributed by atoms with E-state index >= 15 is 0 Å². The van der Waals surface area contributed by atoms with E-state index < -0.39 is 0 Å². The summed E-state index contributed by atoms with van der Waals surface area (Å²) >= 11 is 3.43. The van der Waals surface area contributed by atoms with Crippen LogP contribution in [0.25, 0.3) is 0 Å². The predicted molar refractivity (Wildman–Crippen MR) is 64.7 cm³/mol. The Balaban J connectivity index is 2.30. The fourth-order valence-electron chi connectivity index (χ4n) is 1.53. The topological polar surface area (TPSA) is 33.6 Å². The largest absolute Gasteiger partial charge is 0.496 e. The van der Waals surface area contributed by atoms with Gasteiger partial charge in [-0.05, 0) is 41.1 Å². The summed E-state index contributed by atoms with van der Waals surface area (Å²) < 4.78 is 6.20. The summed E-state index contributed by atoms with van der Waals surface area (Å²) in [5.74, 6) is 1.78. The Labute approximate surface area is 97.7 Å². The second-order valence-corrected chi connectivity index (χ2v) is 4.44. The van der Waals surface area contributed by atoms with Crippen LogP contribution >= 0.6 is 15.9 Å². The van der Waals surface area contributed by atoms with Gasteiger partial charge in [-0.3, -0.25) is 4.99 Å². The number of methoxy groups -OCH3 is 1. The van der Waals surface area contributed by atoms with Crippen LogP contribution in [0.2, 0.25) is 0 Å². The van der Waals surface area contributed by atoms with E-state index in [4.69, 9.17) is 4.74 Å². The normalized spacial score (nSPS) is 19.7. The van der Waals surface area contributed by atoms with E-state index in [2.05, 4.69) is 33.2 Å². The molecule has 0 fully saturated rings. The van der Waals surface area contributed by atoms with E-state index in [-0.39, 0.29) is 0 Å². The monoisotopic (exact) mass is 268 g/mol. The Morgan fingerprint density at radius 2 is 2.33 bits per heavy atom. The van der Waals surface area contributed by atoms with Gasteiger partial charge in [-0.25, -0.2) is 0 Å². The summed E-state index contributed by atoms with van der Waals surface area (Å²) in [5.41, 5.74) is 1.07. The molecule has 2 rings (SSSR count). The molecule has 0 aliphatic carbocycles. The quantitative estimate of drug-likeness (QED) is 0.893. The Kier molecular flexibility index (Phi) is 2.95. The number of rotatable bonds is 2. The summed E-state index contributed by atoms with van der Waals surface area (Å²) in [6.07, 6.45) is 0. The summed E-state index contributed by atoms with van der Waals surface area (Å²) in [6, 6.07) is 6.40. The zero-order chi connectivity index (χ0) is 10.8. The minimum absolute atomic E-state index is 0.426. The predicted octanol–water partition coefficient (Wildman–Crippen LogP) is 2.20. The van der Waals surface area contributed by atoms with E-state index in [1.807, 2.05) is 18.2 Å². The zero-order valence-corrected chi connectivity index (χ0v) is 10.3. The molecular weight excluding hydrogens is 256 g/mol. The lowest BCUT2D eigenvalue weighted by molar-refractivity contribution is 0.412. The van der Waals surface area contributed by atoms with Crippen LogP contribution in [-0.4, -0.2) is 25.5 Å². The van der Waals surface area contributed by atoms with Gasteiger partial charge in [0, 0.05) is 11.6 Å². The zero-order valence-electron chi connectivity index (χ0n) is 8.75. The fourth-order valence-corrected chi connectivity index (χ4v) is 1.94. The van der Waals surface area contributed by atoms with E-state index in [0.717, 1.165) is 28.2 Å². The number of hydrogen-bond donors (Lipinski definition) is 1. The van der Waals surface area contributed by atoms with Crippen LogP contribution in [0.4, 0.5) is 0 Å². The van der Waals surface area contributed by atoms with Crippen molar-refractivity contribution in [3.63, 3.8) is 0 Å². The van der Waals surface area contributed by atoms with E-state index in [1.54, 1.807) is 7.11 Å². The third-order valence-electron chi connectivity index (χ3n) is 2.33. The summed E-state index contributed by atoms with van der Waals surface area (Å²) in [6.45, 7) is 2.96. The van der Waals surface area contributed by atoms with Crippen LogP contribution in [-0.2, 0) is 0 Å². The van der Waals surface area contributed by atoms with Crippen molar-refractivity contribution >= 4 is 21.8 Å². The molecule has 0 saturated heterocycles. The molecule has 0 spiro atoms. The number of halogens is 1. The van der Waals surface area contributed by atoms with Crippen molar-refractivity contribution in [2.24, 2.45) is 4.99 Å². The van der Waals surface area contributed by atoms with Crippen LogP contribution < -0.4 is 10.1 Å². The van der Waals surface area contributed by atoms with Crippen molar-refractivity contribution in [2.75, 3.05) is 13.7 Å². The molecule has 1 aromatic carbocycles. The number of nitrogens with zero attached hydrogens (tertiary/aromatic N) is 1. The Hall–Kier alpha value is -1.03. The van der Waals surface area contributed by atoms with Crippen molar-refractivity contribution in [3.05, 3.63) is 28.2 Å². The lowest BCUT2D eigenvalue weighted by atomic mass is 10.2. The van der Waals surface area contributed by atoms with Gasteiger partial charge in [0.15, 0.2) is 0 Å². The van der Waals surface area contributed by atoms with Gasteiger partial charge in [-0.2, -0.15) is 0 Å². The maximum absolute atomic E-state index is 5.24. The molecule has 1 unspecified atom stereocenters. The fraction of sp³-hybridized carbons (Fsp3) is 0.364. The highest BCUT2D eigenvalue weighted by molar-refractivity contribution is 9.10. The molecule has 80 valence electrons. The van der Waals surface area contributed by atoms with Crippen molar-refractivity contribution in [3.8, 4) is 5.75 Å². The molecule has 0 aromatic heterocycles. The molecule has 4 heteroatoms.